The SMILES string of the molecule is O=C(O)CCC1CCCN(C(=O)C2CC(=O)N(c3ccccc3Cl)C2)C1. The molecule has 0 bridgehead atoms. The topological polar surface area (TPSA) is 77.9 Å². The molecule has 2 fully saturated rings. The highest BCUT2D eigenvalue weighted by molar-refractivity contribution is 6.33. The van der Waals surface area contributed by atoms with E-state index in [1.54, 1.807) is 23.1 Å². The summed E-state index contributed by atoms with van der Waals surface area (Å²) in [6.07, 6.45) is 2.75. The number of likely N-dealkylation sites (tertiary alicyclic amines) is 1. The first-order valence-corrected chi connectivity index (χ1v) is 9.39. The van der Waals surface area contributed by atoms with Crippen molar-refractivity contribution >= 4 is 35.1 Å². The minimum atomic E-state index is -0.801. The molecule has 3 rings (SSSR count). The van der Waals surface area contributed by atoms with Crippen LogP contribution in [0.5, 0.6) is 0 Å². The standard InChI is InChI=1S/C19H23ClN2O4/c20-15-5-1-2-6-16(15)22-12-14(10-17(22)23)19(26)21-9-3-4-13(11-21)7-8-18(24)25/h1-2,5-6,13-14H,3-4,7-12H2,(H,24,25). The molecule has 0 saturated carbocycles. The molecule has 2 aliphatic heterocycles. The second-order valence-corrected chi connectivity index (χ2v) is 7.49. The van der Waals surface area contributed by atoms with Crippen LogP contribution in [-0.2, 0) is 14.4 Å². The van der Waals surface area contributed by atoms with Crippen molar-refractivity contribution in [1.82, 2.24) is 4.90 Å². The number of carboxylic acid groups (broad SMARTS) is 1. The molecule has 0 radical (unpaired) electrons. The number of carbonyl (C=O) groups is 3. The number of benzene rings is 1. The van der Waals surface area contributed by atoms with Crippen LogP contribution in [0.1, 0.15) is 32.1 Å². The van der Waals surface area contributed by atoms with Gasteiger partial charge in [0.1, 0.15) is 0 Å². The highest BCUT2D eigenvalue weighted by atomic mass is 35.5. The summed E-state index contributed by atoms with van der Waals surface area (Å²) in [4.78, 5) is 39.5. The van der Waals surface area contributed by atoms with Gasteiger partial charge in [-0.25, -0.2) is 0 Å². The second-order valence-electron chi connectivity index (χ2n) is 7.08. The average molecular weight is 379 g/mol. The lowest BCUT2D eigenvalue weighted by Crippen LogP contribution is -2.43. The van der Waals surface area contributed by atoms with E-state index in [1.165, 1.54) is 0 Å². The molecule has 2 aliphatic rings. The Bertz CT molecular complexity index is 709. The van der Waals surface area contributed by atoms with Crippen molar-refractivity contribution in [2.45, 2.75) is 32.1 Å². The van der Waals surface area contributed by atoms with E-state index in [4.69, 9.17) is 16.7 Å². The number of aliphatic carboxylic acids is 1. The summed E-state index contributed by atoms with van der Waals surface area (Å²) in [6.45, 7) is 1.61. The van der Waals surface area contributed by atoms with E-state index in [0.717, 1.165) is 12.8 Å². The molecule has 1 aromatic carbocycles. The van der Waals surface area contributed by atoms with E-state index in [-0.39, 0.29) is 36.5 Å². The number of hydrogen-bond donors (Lipinski definition) is 1. The van der Waals surface area contributed by atoms with Gasteiger partial charge in [-0.15, -0.1) is 0 Å². The molecule has 0 aliphatic carbocycles. The molecule has 2 saturated heterocycles. The minimum absolute atomic E-state index is 0.00655. The van der Waals surface area contributed by atoms with Crippen molar-refractivity contribution in [2.75, 3.05) is 24.5 Å². The molecule has 6 nitrogen and oxygen atoms in total. The quantitative estimate of drug-likeness (QED) is 0.854. The van der Waals surface area contributed by atoms with Crippen LogP contribution < -0.4 is 4.90 Å². The fraction of sp³-hybridized carbons (Fsp3) is 0.526. The van der Waals surface area contributed by atoms with Crippen molar-refractivity contribution in [3.8, 4) is 0 Å². The van der Waals surface area contributed by atoms with Crippen molar-refractivity contribution in [2.24, 2.45) is 11.8 Å². The van der Waals surface area contributed by atoms with E-state index >= 15 is 0 Å². The zero-order chi connectivity index (χ0) is 18.7. The largest absolute Gasteiger partial charge is 0.481 e. The van der Waals surface area contributed by atoms with Crippen LogP contribution in [0, 0.1) is 11.8 Å². The van der Waals surface area contributed by atoms with Gasteiger partial charge in [0.15, 0.2) is 0 Å². The molecule has 7 heteroatoms. The Hall–Kier alpha value is -2.08. The summed E-state index contributed by atoms with van der Waals surface area (Å²) in [6, 6.07) is 7.15. The van der Waals surface area contributed by atoms with Crippen molar-refractivity contribution in [3.63, 3.8) is 0 Å². The van der Waals surface area contributed by atoms with E-state index < -0.39 is 5.97 Å². The zero-order valence-electron chi connectivity index (χ0n) is 14.6. The van der Waals surface area contributed by atoms with Gasteiger partial charge in [-0.2, -0.15) is 0 Å². The molecule has 140 valence electrons. The molecule has 1 aromatic rings. The highest BCUT2D eigenvalue weighted by Crippen LogP contribution is 2.32. The molecule has 1 N–H and O–H groups in total. The van der Waals surface area contributed by atoms with Crippen LogP contribution in [-0.4, -0.2) is 47.4 Å². The number of piperidine rings is 1. The summed E-state index contributed by atoms with van der Waals surface area (Å²) >= 11 is 6.19. The van der Waals surface area contributed by atoms with Gasteiger partial charge in [-0.05, 0) is 37.3 Å². The van der Waals surface area contributed by atoms with Gasteiger partial charge in [0.2, 0.25) is 11.8 Å². The van der Waals surface area contributed by atoms with Gasteiger partial charge in [0, 0.05) is 32.5 Å². The Kier molecular flexibility index (Phi) is 5.81. The molecule has 26 heavy (non-hydrogen) atoms. The Balaban J connectivity index is 1.62. The van der Waals surface area contributed by atoms with Crippen LogP contribution in [0.4, 0.5) is 5.69 Å². The fourth-order valence-electron chi connectivity index (χ4n) is 3.86. The molecule has 2 heterocycles. The second kappa shape index (κ2) is 8.08. The number of hydrogen-bond acceptors (Lipinski definition) is 3. The summed E-state index contributed by atoms with van der Waals surface area (Å²) in [5.41, 5.74) is 0.646. The summed E-state index contributed by atoms with van der Waals surface area (Å²) < 4.78 is 0. The number of nitrogens with zero attached hydrogens (tertiary/aromatic N) is 2. The molecule has 2 atom stereocenters. The van der Waals surface area contributed by atoms with Crippen LogP contribution in [0.3, 0.4) is 0 Å². The smallest absolute Gasteiger partial charge is 0.303 e. The Labute approximate surface area is 157 Å². The first-order valence-electron chi connectivity index (χ1n) is 9.01. The molecule has 0 aromatic heterocycles. The minimum Gasteiger partial charge on any atom is -0.481 e. The molecule has 2 unspecified atom stereocenters. The van der Waals surface area contributed by atoms with Gasteiger partial charge in [-0.3, -0.25) is 14.4 Å². The van der Waals surface area contributed by atoms with E-state index in [1.807, 2.05) is 11.0 Å². The van der Waals surface area contributed by atoms with Crippen LogP contribution in [0.25, 0.3) is 0 Å². The van der Waals surface area contributed by atoms with Gasteiger partial charge < -0.3 is 14.9 Å². The predicted octanol–water partition coefficient (Wildman–Crippen LogP) is 2.80. The number of anilines is 1. The predicted molar refractivity (Wildman–Crippen MR) is 98.1 cm³/mol. The van der Waals surface area contributed by atoms with Gasteiger partial charge in [-0.1, -0.05) is 23.7 Å². The summed E-state index contributed by atoms with van der Waals surface area (Å²) in [5, 5.41) is 9.35. The third-order valence-electron chi connectivity index (χ3n) is 5.21. The molecular weight excluding hydrogens is 356 g/mol. The highest BCUT2D eigenvalue weighted by Gasteiger charge is 2.38. The normalized spacial score (nSPS) is 23.3. The lowest BCUT2D eigenvalue weighted by molar-refractivity contribution is -0.138. The number of carbonyl (C=O) groups excluding carboxylic acids is 2. The zero-order valence-corrected chi connectivity index (χ0v) is 15.3. The Morgan fingerprint density at radius 3 is 2.73 bits per heavy atom. The average Bonchev–Trinajstić information content (AvgIpc) is 3.01. The monoisotopic (exact) mass is 378 g/mol. The Morgan fingerprint density at radius 2 is 2.00 bits per heavy atom. The summed E-state index contributed by atoms with van der Waals surface area (Å²) in [5.74, 6) is -1.04. The fourth-order valence-corrected chi connectivity index (χ4v) is 4.10. The number of para-hydroxylation sites is 1. The molecular formula is C19H23ClN2O4. The number of halogens is 1. The maximum atomic E-state index is 12.9. The van der Waals surface area contributed by atoms with E-state index in [0.29, 0.717) is 36.8 Å². The third-order valence-corrected chi connectivity index (χ3v) is 5.53. The number of rotatable bonds is 5. The third kappa shape index (κ3) is 4.18. The van der Waals surface area contributed by atoms with Gasteiger partial charge in [0.05, 0.1) is 16.6 Å². The van der Waals surface area contributed by atoms with Crippen molar-refractivity contribution in [3.05, 3.63) is 29.3 Å². The van der Waals surface area contributed by atoms with Crippen molar-refractivity contribution < 1.29 is 19.5 Å². The van der Waals surface area contributed by atoms with Gasteiger partial charge >= 0.3 is 5.97 Å². The van der Waals surface area contributed by atoms with Crippen LogP contribution in [0.2, 0.25) is 5.02 Å². The van der Waals surface area contributed by atoms with Crippen LogP contribution in [0.15, 0.2) is 24.3 Å². The maximum Gasteiger partial charge on any atom is 0.303 e. The first kappa shape index (κ1) is 18.7. The molecule has 2 amide bonds. The number of carboxylic acids is 1. The first-order chi connectivity index (χ1) is 12.5. The maximum absolute atomic E-state index is 12.9. The lowest BCUT2D eigenvalue weighted by Gasteiger charge is -2.34. The Morgan fingerprint density at radius 1 is 1.23 bits per heavy atom. The summed E-state index contributed by atoms with van der Waals surface area (Å²) in [7, 11) is 0. The van der Waals surface area contributed by atoms with Crippen molar-refractivity contribution in [1.29, 1.82) is 0 Å². The van der Waals surface area contributed by atoms with Gasteiger partial charge in [0.25, 0.3) is 0 Å². The number of amides is 2. The lowest BCUT2D eigenvalue weighted by atomic mass is 9.92. The molecule has 0 spiro atoms. The van der Waals surface area contributed by atoms with E-state index in [9.17, 15) is 14.4 Å². The van der Waals surface area contributed by atoms with Crippen LogP contribution >= 0.6 is 11.6 Å². The van der Waals surface area contributed by atoms with E-state index in [2.05, 4.69) is 0 Å².